The number of nitrogens with zero attached hydrogens (tertiary/aromatic N) is 4. The summed E-state index contributed by atoms with van der Waals surface area (Å²) in [6, 6.07) is 12.0. The van der Waals surface area contributed by atoms with Crippen LogP contribution in [-0.2, 0) is 4.79 Å². The van der Waals surface area contributed by atoms with Gasteiger partial charge in [0.15, 0.2) is 0 Å². The highest BCUT2D eigenvalue weighted by Crippen LogP contribution is 2.33. The van der Waals surface area contributed by atoms with E-state index in [9.17, 15) is 9.18 Å². The average Bonchev–Trinajstić information content (AvgIpc) is 2.78. The number of amides is 1. The lowest BCUT2D eigenvalue weighted by Gasteiger charge is -2.36. The van der Waals surface area contributed by atoms with Crippen molar-refractivity contribution in [3.63, 3.8) is 0 Å². The smallest absolute Gasteiger partial charge is 0.225 e. The normalized spacial score (nSPS) is 18.8. The van der Waals surface area contributed by atoms with Crippen molar-refractivity contribution in [1.29, 1.82) is 0 Å². The van der Waals surface area contributed by atoms with Crippen LogP contribution >= 0.6 is 0 Å². The molecule has 7 heteroatoms. The second-order valence-electron chi connectivity index (χ2n) is 8.62. The number of carbonyl (C=O) groups is 1. The summed E-state index contributed by atoms with van der Waals surface area (Å²) in [5.41, 5.74) is 2.34. The van der Waals surface area contributed by atoms with Gasteiger partial charge in [-0.05, 0) is 56.0 Å². The maximum Gasteiger partial charge on any atom is 0.225 e. The Morgan fingerprint density at radius 1 is 1.03 bits per heavy atom. The van der Waals surface area contributed by atoms with E-state index in [0.717, 1.165) is 49.9 Å². The number of piperidine rings is 1. The molecule has 3 aromatic rings. The van der Waals surface area contributed by atoms with Crippen molar-refractivity contribution in [3.8, 4) is 11.3 Å². The first kappa shape index (κ1) is 20.5. The number of rotatable bonds is 5. The van der Waals surface area contributed by atoms with Gasteiger partial charge in [-0.1, -0.05) is 12.5 Å². The summed E-state index contributed by atoms with van der Waals surface area (Å²) in [4.78, 5) is 28.6. The van der Waals surface area contributed by atoms with Gasteiger partial charge in [-0.3, -0.25) is 9.78 Å². The highest BCUT2D eigenvalue weighted by atomic mass is 19.1. The minimum Gasteiger partial charge on any atom is -0.342 e. The molecule has 3 heterocycles. The van der Waals surface area contributed by atoms with Gasteiger partial charge in [0.25, 0.3) is 0 Å². The molecule has 1 atom stereocenters. The predicted octanol–water partition coefficient (Wildman–Crippen LogP) is 4.93. The quantitative estimate of drug-likeness (QED) is 0.620. The third-order valence-corrected chi connectivity index (χ3v) is 6.37. The molecule has 5 rings (SSSR count). The Kier molecular flexibility index (Phi) is 5.79. The SMILES string of the molecule is O=C(C1CCC1)N1CCC[C@@H](c2nc(Nc3cccc(F)c3)cc(-c3ccncc3)n2)C1. The fourth-order valence-corrected chi connectivity index (χ4v) is 4.40. The van der Waals surface area contributed by atoms with Gasteiger partial charge in [0.05, 0.1) is 5.69 Å². The van der Waals surface area contributed by atoms with E-state index in [4.69, 9.17) is 9.97 Å². The van der Waals surface area contributed by atoms with E-state index in [1.807, 2.05) is 23.1 Å². The van der Waals surface area contributed by atoms with Crippen LogP contribution < -0.4 is 5.32 Å². The molecule has 0 unspecified atom stereocenters. The number of halogens is 1. The monoisotopic (exact) mass is 431 g/mol. The van der Waals surface area contributed by atoms with E-state index in [1.54, 1.807) is 24.5 Å². The summed E-state index contributed by atoms with van der Waals surface area (Å²) in [6.07, 6.45) is 8.52. The lowest BCUT2D eigenvalue weighted by Crippen LogP contribution is -2.44. The molecule has 6 nitrogen and oxygen atoms in total. The lowest BCUT2D eigenvalue weighted by atomic mass is 9.83. The van der Waals surface area contributed by atoms with Gasteiger partial charge in [-0.25, -0.2) is 14.4 Å². The third-order valence-electron chi connectivity index (χ3n) is 6.37. The van der Waals surface area contributed by atoms with Gasteiger partial charge in [-0.2, -0.15) is 0 Å². The second kappa shape index (κ2) is 9.02. The van der Waals surface area contributed by atoms with Gasteiger partial charge in [0, 0.05) is 54.6 Å². The molecule has 1 aliphatic carbocycles. The van der Waals surface area contributed by atoms with Crippen molar-refractivity contribution in [2.75, 3.05) is 18.4 Å². The van der Waals surface area contributed by atoms with Crippen LogP contribution in [0.25, 0.3) is 11.3 Å². The molecular formula is C25H26FN5O. The van der Waals surface area contributed by atoms with Gasteiger partial charge >= 0.3 is 0 Å². The average molecular weight is 432 g/mol. The topological polar surface area (TPSA) is 71.0 Å². The fraction of sp³-hybridized carbons (Fsp3) is 0.360. The highest BCUT2D eigenvalue weighted by molar-refractivity contribution is 5.79. The standard InChI is InChI=1S/C25H26FN5O/c26-20-7-2-8-21(14-20)28-23-15-22(17-9-11-27-12-10-17)29-24(30-23)19-6-3-13-31(16-19)25(32)18-4-1-5-18/h2,7-12,14-15,18-19H,1,3-6,13,16H2,(H,28,29,30)/t19-/m1/s1. The van der Waals surface area contributed by atoms with E-state index < -0.39 is 0 Å². The van der Waals surface area contributed by atoms with Crippen molar-refractivity contribution >= 4 is 17.4 Å². The first-order valence-electron chi connectivity index (χ1n) is 11.3. The number of hydrogen-bond acceptors (Lipinski definition) is 5. The minimum atomic E-state index is -0.309. The molecular weight excluding hydrogens is 405 g/mol. The first-order chi connectivity index (χ1) is 15.7. The zero-order chi connectivity index (χ0) is 21.9. The predicted molar refractivity (Wildman–Crippen MR) is 121 cm³/mol. The van der Waals surface area contributed by atoms with E-state index >= 15 is 0 Å². The third kappa shape index (κ3) is 4.47. The number of benzene rings is 1. The van der Waals surface area contributed by atoms with Crippen LogP contribution in [0.1, 0.15) is 43.8 Å². The summed E-state index contributed by atoms with van der Waals surface area (Å²) in [6.45, 7) is 1.46. The van der Waals surface area contributed by atoms with Crippen LogP contribution in [0.3, 0.4) is 0 Å². The summed E-state index contributed by atoms with van der Waals surface area (Å²) in [5.74, 6) is 1.56. The molecule has 164 valence electrons. The minimum absolute atomic E-state index is 0.0719. The van der Waals surface area contributed by atoms with E-state index in [-0.39, 0.29) is 23.6 Å². The molecule has 2 aromatic heterocycles. The van der Waals surface area contributed by atoms with Gasteiger partial charge in [0.1, 0.15) is 17.5 Å². The summed E-state index contributed by atoms with van der Waals surface area (Å²) < 4.78 is 13.7. The molecule has 2 aliphatic rings. The number of hydrogen-bond donors (Lipinski definition) is 1. The number of anilines is 2. The van der Waals surface area contributed by atoms with E-state index in [0.29, 0.717) is 23.9 Å². The molecule has 0 spiro atoms. The maximum absolute atomic E-state index is 13.7. The molecule has 1 saturated carbocycles. The van der Waals surface area contributed by atoms with Gasteiger partial charge < -0.3 is 10.2 Å². The summed E-state index contributed by atoms with van der Waals surface area (Å²) in [7, 11) is 0. The number of carbonyl (C=O) groups excluding carboxylic acids is 1. The maximum atomic E-state index is 13.7. The number of pyridine rings is 1. The van der Waals surface area contributed by atoms with Gasteiger partial charge in [-0.15, -0.1) is 0 Å². The van der Waals surface area contributed by atoms with Crippen molar-refractivity contribution in [3.05, 3.63) is 66.5 Å². The highest BCUT2D eigenvalue weighted by Gasteiger charge is 2.33. The Hall–Kier alpha value is -3.35. The second-order valence-corrected chi connectivity index (χ2v) is 8.62. The Bertz CT molecular complexity index is 1100. The zero-order valence-corrected chi connectivity index (χ0v) is 17.9. The van der Waals surface area contributed by atoms with Crippen LogP contribution in [0.5, 0.6) is 0 Å². The largest absolute Gasteiger partial charge is 0.342 e. The molecule has 1 saturated heterocycles. The van der Waals surface area contributed by atoms with Crippen molar-refractivity contribution in [1.82, 2.24) is 19.9 Å². The van der Waals surface area contributed by atoms with E-state index in [2.05, 4.69) is 10.3 Å². The summed E-state index contributed by atoms with van der Waals surface area (Å²) in [5, 5.41) is 3.22. The van der Waals surface area contributed by atoms with E-state index in [1.165, 1.54) is 12.1 Å². The molecule has 2 fully saturated rings. The van der Waals surface area contributed by atoms with Crippen LogP contribution in [-0.4, -0.2) is 38.8 Å². The van der Waals surface area contributed by atoms with Crippen LogP contribution in [0.15, 0.2) is 54.9 Å². The number of aromatic nitrogens is 3. The molecule has 1 N–H and O–H groups in total. The van der Waals surface area contributed by atoms with Crippen molar-refractivity contribution in [2.45, 2.75) is 38.0 Å². The molecule has 32 heavy (non-hydrogen) atoms. The van der Waals surface area contributed by atoms with Crippen LogP contribution in [0, 0.1) is 11.7 Å². The zero-order valence-electron chi connectivity index (χ0n) is 17.9. The number of nitrogens with one attached hydrogen (secondary N) is 1. The lowest BCUT2D eigenvalue weighted by molar-refractivity contribution is -0.139. The first-order valence-corrected chi connectivity index (χ1v) is 11.3. The Morgan fingerprint density at radius 3 is 2.62 bits per heavy atom. The molecule has 0 radical (unpaired) electrons. The molecule has 1 aromatic carbocycles. The fourth-order valence-electron chi connectivity index (χ4n) is 4.40. The number of likely N-dealkylation sites (tertiary alicyclic amines) is 1. The Balaban J connectivity index is 1.45. The van der Waals surface area contributed by atoms with Crippen molar-refractivity contribution in [2.24, 2.45) is 5.92 Å². The Morgan fingerprint density at radius 2 is 1.88 bits per heavy atom. The molecule has 1 aliphatic heterocycles. The van der Waals surface area contributed by atoms with Gasteiger partial charge in [0.2, 0.25) is 5.91 Å². The summed E-state index contributed by atoms with van der Waals surface area (Å²) >= 11 is 0. The molecule has 1 amide bonds. The van der Waals surface area contributed by atoms with Crippen LogP contribution in [0.2, 0.25) is 0 Å². The Labute approximate surface area is 186 Å². The molecule has 0 bridgehead atoms. The van der Waals surface area contributed by atoms with Crippen LogP contribution in [0.4, 0.5) is 15.9 Å². The van der Waals surface area contributed by atoms with Crippen molar-refractivity contribution < 1.29 is 9.18 Å².